The third kappa shape index (κ3) is 2.69. The first-order chi connectivity index (χ1) is 6.65. The van der Waals surface area contributed by atoms with Crippen LogP contribution in [0.25, 0.3) is 0 Å². The molecule has 0 aliphatic carbocycles. The van der Waals surface area contributed by atoms with Crippen LogP contribution in [0, 0.1) is 0 Å². The molecule has 14 heavy (non-hydrogen) atoms. The van der Waals surface area contributed by atoms with Crippen molar-refractivity contribution in [1.29, 1.82) is 0 Å². The van der Waals surface area contributed by atoms with Crippen molar-refractivity contribution in [2.24, 2.45) is 0 Å². The van der Waals surface area contributed by atoms with Crippen molar-refractivity contribution in [3.8, 4) is 0 Å². The zero-order valence-corrected chi connectivity index (χ0v) is 8.80. The van der Waals surface area contributed by atoms with Crippen molar-refractivity contribution < 1.29 is 9.59 Å². The van der Waals surface area contributed by atoms with Gasteiger partial charge < -0.3 is 5.32 Å². The Bertz CT molecular complexity index is 268. The maximum atomic E-state index is 11.7. The number of nitrogens with one attached hydrogen (secondary N) is 1. The van der Waals surface area contributed by atoms with Crippen LogP contribution in [-0.2, 0) is 9.59 Å². The maximum absolute atomic E-state index is 11.7. The Balaban J connectivity index is 2.58. The second kappa shape index (κ2) is 4.94. The first-order valence-electron chi connectivity index (χ1n) is 5.17. The molecule has 3 heteroatoms. The molecule has 0 aromatic carbocycles. The minimum absolute atomic E-state index is 0.00421. The van der Waals surface area contributed by atoms with Gasteiger partial charge >= 0.3 is 0 Å². The number of amides is 1. The molecule has 1 rings (SSSR count). The number of carbonyl (C=O) groups is 2. The van der Waals surface area contributed by atoms with Crippen molar-refractivity contribution in [3.63, 3.8) is 0 Å². The molecule has 0 radical (unpaired) electrons. The highest BCUT2D eigenvalue weighted by Crippen LogP contribution is 2.13. The molecule has 0 aromatic rings. The lowest BCUT2D eigenvalue weighted by Crippen LogP contribution is -2.39. The molecule has 1 atom stereocenters. The molecule has 1 aliphatic rings. The first-order valence-corrected chi connectivity index (χ1v) is 5.17. The van der Waals surface area contributed by atoms with Crippen LogP contribution >= 0.6 is 0 Å². The van der Waals surface area contributed by atoms with Crippen LogP contribution in [-0.4, -0.2) is 17.7 Å². The first kappa shape index (κ1) is 11.0. The molecule has 0 saturated carbocycles. The number of unbranched alkanes of at least 4 members (excludes halogenated alkanes) is 1. The predicted octanol–water partition coefficient (Wildman–Crippen LogP) is 1.58. The van der Waals surface area contributed by atoms with Gasteiger partial charge in [0.2, 0.25) is 5.91 Å². The van der Waals surface area contributed by atoms with Crippen LogP contribution in [0.4, 0.5) is 0 Å². The number of carbonyl (C=O) groups excluding carboxylic acids is 2. The van der Waals surface area contributed by atoms with E-state index in [1.807, 2.05) is 6.92 Å². The molecule has 78 valence electrons. The van der Waals surface area contributed by atoms with Gasteiger partial charge in [-0.15, -0.1) is 0 Å². The number of rotatable bonds is 4. The molecule has 3 nitrogen and oxygen atoms in total. The van der Waals surface area contributed by atoms with Gasteiger partial charge in [-0.05, 0) is 13.3 Å². The van der Waals surface area contributed by atoms with Crippen molar-refractivity contribution in [1.82, 2.24) is 5.32 Å². The van der Waals surface area contributed by atoms with E-state index in [1.165, 1.54) is 0 Å². The lowest BCUT2D eigenvalue weighted by Gasteiger charge is -2.20. The molecule has 1 unspecified atom stereocenters. The van der Waals surface area contributed by atoms with Gasteiger partial charge in [-0.3, -0.25) is 9.59 Å². The monoisotopic (exact) mass is 195 g/mol. The number of hydrogen-bond donors (Lipinski definition) is 1. The van der Waals surface area contributed by atoms with Gasteiger partial charge in [0.25, 0.3) is 0 Å². The average Bonchev–Trinajstić information content (AvgIpc) is 2.14. The topological polar surface area (TPSA) is 46.2 Å². The van der Waals surface area contributed by atoms with Crippen LogP contribution in [0.15, 0.2) is 11.6 Å². The highest BCUT2D eigenvalue weighted by Gasteiger charge is 2.21. The fraction of sp³-hybridized carbons (Fsp3) is 0.636. The van der Waals surface area contributed by atoms with Crippen molar-refractivity contribution in [2.45, 2.75) is 45.6 Å². The molecule has 0 aromatic heterocycles. The third-order valence-corrected chi connectivity index (χ3v) is 2.43. The second-order valence-corrected chi connectivity index (χ2v) is 3.68. The molecule has 1 N–H and O–H groups in total. The van der Waals surface area contributed by atoms with Crippen LogP contribution in [0.3, 0.4) is 0 Å². The smallest absolute Gasteiger partial charge is 0.224 e. The van der Waals surface area contributed by atoms with Gasteiger partial charge in [0.1, 0.15) is 0 Å². The molecule has 0 fully saturated rings. The Kier molecular flexibility index (Phi) is 3.86. The number of Topliss-reactive ketones (excluding diaryl/α,β-unsaturated/α-hetero) is 1. The largest absolute Gasteiger partial charge is 0.349 e. The normalized spacial score (nSPS) is 21.4. The van der Waals surface area contributed by atoms with E-state index < -0.39 is 0 Å². The molecular formula is C11H17NO2. The van der Waals surface area contributed by atoms with Gasteiger partial charge in [0, 0.05) is 18.4 Å². The summed E-state index contributed by atoms with van der Waals surface area (Å²) < 4.78 is 0. The summed E-state index contributed by atoms with van der Waals surface area (Å²) in [6.07, 6.45) is 4.66. The molecule has 0 bridgehead atoms. The fourth-order valence-corrected chi connectivity index (χ4v) is 1.59. The van der Waals surface area contributed by atoms with E-state index in [-0.39, 0.29) is 17.7 Å². The van der Waals surface area contributed by atoms with E-state index in [2.05, 4.69) is 12.2 Å². The van der Waals surface area contributed by atoms with Gasteiger partial charge in [0.15, 0.2) is 5.78 Å². The summed E-state index contributed by atoms with van der Waals surface area (Å²) in [5, 5.41) is 2.76. The number of hydrogen-bond acceptors (Lipinski definition) is 2. The molecule has 0 saturated heterocycles. The minimum atomic E-state index is -0.111. The number of ketones is 1. The van der Waals surface area contributed by atoms with E-state index in [1.54, 1.807) is 6.08 Å². The van der Waals surface area contributed by atoms with Crippen LogP contribution < -0.4 is 5.32 Å². The van der Waals surface area contributed by atoms with Crippen LogP contribution in [0.1, 0.15) is 39.5 Å². The van der Waals surface area contributed by atoms with Crippen molar-refractivity contribution in [3.05, 3.63) is 11.6 Å². The summed E-state index contributed by atoms with van der Waals surface area (Å²) >= 11 is 0. The summed E-state index contributed by atoms with van der Waals surface area (Å²) in [6.45, 7) is 3.92. The summed E-state index contributed by atoms with van der Waals surface area (Å²) in [4.78, 5) is 22.6. The van der Waals surface area contributed by atoms with Gasteiger partial charge in [-0.2, -0.15) is 0 Å². The minimum Gasteiger partial charge on any atom is -0.349 e. The van der Waals surface area contributed by atoms with Crippen LogP contribution in [0.5, 0.6) is 0 Å². The lowest BCUT2D eigenvalue weighted by atomic mass is 9.96. The van der Waals surface area contributed by atoms with Gasteiger partial charge in [0.05, 0.1) is 6.04 Å². The lowest BCUT2D eigenvalue weighted by molar-refractivity contribution is -0.121. The molecule has 1 aliphatic heterocycles. The van der Waals surface area contributed by atoms with Crippen molar-refractivity contribution in [2.75, 3.05) is 0 Å². The molecule has 1 amide bonds. The third-order valence-electron chi connectivity index (χ3n) is 2.43. The van der Waals surface area contributed by atoms with Gasteiger partial charge in [-0.1, -0.05) is 19.4 Å². The Labute approximate surface area is 84.6 Å². The highest BCUT2D eigenvalue weighted by molar-refractivity contribution is 5.99. The second-order valence-electron chi connectivity index (χ2n) is 3.68. The van der Waals surface area contributed by atoms with E-state index >= 15 is 0 Å². The summed E-state index contributed by atoms with van der Waals surface area (Å²) in [5.41, 5.74) is 0.776. The zero-order chi connectivity index (χ0) is 10.6. The molecule has 0 spiro atoms. The Morgan fingerprint density at radius 2 is 2.36 bits per heavy atom. The maximum Gasteiger partial charge on any atom is 0.224 e. The molecular weight excluding hydrogens is 178 g/mol. The van der Waals surface area contributed by atoms with Crippen LogP contribution in [0.2, 0.25) is 0 Å². The Hall–Kier alpha value is -1.12. The zero-order valence-electron chi connectivity index (χ0n) is 8.80. The Morgan fingerprint density at radius 1 is 1.64 bits per heavy atom. The highest BCUT2D eigenvalue weighted by atomic mass is 16.2. The SMILES string of the molecule is CCCCC(=O)C1=CCC(=O)NC1C. The van der Waals surface area contributed by atoms with E-state index in [0.717, 1.165) is 18.4 Å². The summed E-state index contributed by atoms with van der Waals surface area (Å²) in [5.74, 6) is 0.184. The summed E-state index contributed by atoms with van der Waals surface area (Å²) in [7, 11) is 0. The average molecular weight is 195 g/mol. The fourth-order valence-electron chi connectivity index (χ4n) is 1.59. The van der Waals surface area contributed by atoms with E-state index in [0.29, 0.717) is 12.8 Å². The van der Waals surface area contributed by atoms with Gasteiger partial charge in [-0.25, -0.2) is 0 Å². The quantitative estimate of drug-likeness (QED) is 0.740. The standard InChI is InChI=1S/C11H17NO2/c1-3-4-5-10(13)9-6-7-11(14)12-8(9)2/h6,8H,3-5,7H2,1-2H3,(H,12,14). The predicted molar refractivity (Wildman–Crippen MR) is 54.8 cm³/mol. The molecule has 1 heterocycles. The Morgan fingerprint density at radius 3 is 2.93 bits per heavy atom. The summed E-state index contributed by atoms with van der Waals surface area (Å²) in [6, 6.07) is -0.111. The van der Waals surface area contributed by atoms with Crippen molar-refractivity contribution >= 4 is 11.7 Å². The van der Waals surface area contributed by atoms with E-state index in [4.69, 9.17) is 0 Å². The van der Waals surface area contributed by atoms with E-state index in [9.17, 15) is 9.59 Å².